The highest BCUT2D eigenvalue weighted by Gasteiger charge is 2.21. The molecule has 4 aromatic heterocycles. The van der Waals surface area contributed by atoms with Crippen LogP contribution in [0.4, 0.5) is 0 Å². The van der Waals surface area contributed by atoms with Gasteiger partial charge in [-0.05, 0) is 17.7 Å². The maximum Gasteiger partial charge on any atom is 0.327 e. The van der Waals surface area contributed by atoms with Crippen LogP contribution in [0, 0.1) is 0 Å². The fourth-order valence-corrected chi connectivity index (χ4v) is 3.64. The molecule has 0 aliphatic heterocycles. The highest BCUT2D eigenvalue weighted by atomic mass is 35.5. The molecule has 142 valence electrons. The Labute approximate surface area is 163 Å². The summed E-state index contributed by atoms with van der Waals surface area (Å²) in [5.41, 5.74) is -2.07. The van der Waals surface area contributed by atoms with E-state index in [9.17, 15) is 19.2 Å². The summed E-state index contributed by atoms with van der Waals surface area (Å²) in [7, 11) is 0. The third-order valence-electron chi connectivity index (χ3n) is 4.52. The maximum absolute atomic E-state index is 12.7. The molecular weight excluding hydrogens is 400 g/mol. The number of H-pyrrole nitrogens is 4. The number of nitrogens with one attached hydrogen (secondary N) is 4. The third kappa shape index (κ3) is 2.57. The smallest absolute Gasteiger partial charge is 0.291 e. The van der Waals surface area contributed by atoms with E-state index < -0.39 is 22.5 Å². The van der Waals surface area contributed by atoms with Crippen molar-refractivity contribution in [3.63, 3.8) is 0 Å². The molecule has 0 aliphatic rings. The molecule has 4 heterocycles. The molecule has 0 amide bonds. The predicted molar refractivity (Wildman–Crippen MR) is 107 cm³/mol. The molecule has 0 aliphatic carbocycles. The van der Waals surface area contributed by atoms with Gasteiger partial charge in [-0.1, -0.05) is 29.8 Å². The SMILES string of the molecule is O=c1[nH]c(=O)c2c(-c3cc(Cl)nc4ccccc34)c3c(=O)[nH]c(=O)[nH]c3nc2[nH]1. The Balaban J connectivity index is 2.17. The number of fused-ring (bicyclic) bond motifs is 3. The summed E-state index contributed by atoms with van der Waals surface area (Å²) in [6.07, 6.45) is 0. The summed E-state index contributed by atoms with van der Waals surface area (Å²) in [5.74, 6) is 0. The number of aromatic amines is 4. The predicted octanol–water partition coefficient (Wildman–Crippen LogP) is 1.01. The zero-order valence-electron chi connectivity index (χ0n) is 14.3. The van der Waals surface area contributed by atoms with Gasteiger partial charge in [0.2, 0.25) is 0 Å². The molecule has 1 aromatic carbocycles. The lowest BCUT2D eigenvalue weighted by molar-refractivity contribution is 1.04. The van der Waals surface area contributed by atoms with Crippen molar-refractivity contribution in [3.8, 4) is 11.1 Å². The van der Waals surface area contributed by atoms with Crippen LogP contribution in [0.25, 0.3) is 44.1 Å². The van der Waals surface area contributed by atoms with Crippen molar-refractivity contribution >= 4 is 44.6 Å². The molecule has 0 saturated carbocycles. The summed E-state index contributed by atoms with van der Waals surface area (Å²) in [6.45, 7) is 0. The van der Waals surface area contributed by atoms with Crippen molar-refractivity contribution in [1.82, 2.24) is 29.9 Å². The van der Waals surface area contributed by atoms with Gasteiger partial charge < -0.3 is 0 Å². The average molecular weight is 409 g/mol. The Morgan fingerprint density at radius 2 is 1.34 bits per heavy atom. The van der Waals surface area contributed by atoms with Gasteiger partial charge in [-0.2, -0.15) is 0 Å². The van der Waals surface area contributed by atoms with Crippen molar-refractivity contribution in [2.75, 3.05) is 0 Å². The Morgan fingerprint density at radius 3 is 1.97 bits per heavy atom. The van der Waals surface area contributed by atoms with Gasteiger partial charge in [-0.15, -0.1) is 0 Å². The Kier molecular flexibility index (Phi) is 3.52. The maximum atomic E-state index is 12.7. The zero-order valence-corrected chi connectivity index (χ0v) is 15.0. The molecule has 0 atom stereocenters. The fraction of sp³-hybridized carbons (Fsp3) is 0. The molecule has 0 unspecified atom stereocenters. The van der Waals surface area contributed by atoms with Gasteiger partial charge >= 0.3 is 11.4 Å². The highest BCUT2D eigenvalue weighted by Crippen LogP contribution is 2.35. The number of pyridine rings is 2. The second-order valence-electron chi connectivity index (χ2n) is 6.26. The van der Waals surface area contributed by atoms with Gasteiger partial charge in [0, 0.05) is 10.9 Å². The number of para-hydroxylation sites is 1. The first-order valence-corrected chi connectivity index (χ1v) is 8.68. The first-order chi connectivity index (χ1) is 13.9. The molecule has 0 radical (unpaired) electrons. The van der Waals surface area contributed by atoms with Crippen LogP contribution >= 0.6 is 11.6 Å². The molecule has 11 heteroatoms. The summed E-state index contributed by atoms with van der Waals surface area (Å²) in [5, 5.41) is 0.699. The molecule has 29 heavy (non-hydrogen) atoms. The van der Waals surface area contributed by atoms with Crippen LogP contribution < -0.4 is 22.5 Å². The zero-order chi connectivity index (χ0) is 20.3. The van der Waals surface area contributed by atoms with Crippen LogP contribution in [0.15, 0.2) is 49.5 Å². The van der Waals surface area contributed by atoms with Crippen LogP contribution in [-0.4, -0.2) is 29.9 Å². The van der Waals surface area contributed by atoms with Crippen molar-refractivity contribution < 1.29 is 0 Å². The lowest BCUT2D eigenvalue weighted by atomic mass is 9.97. The molecule has 0 bridgehead atoms. The standard InChI is InChI=1S/C18H9ClN6O4/c19-9-5-7(6-3-1-2-4-8(6)20-9)10-11-13(22-17(28)24-15(11)26)21-14-12(10)16(27)25-18(29)23-14/h1-5H,(H4,21,22,23,24,25,26,27,28,29). The molecule has 0 fully saturated rings. The van der Waals surface area contributed by atoms with E-state index in [0.717, 1.165) is 0 Å². The van der Waals surface area contributed by atoms with Gasteiger partial charge in [-0.3, -0.25) is 29.5 Å². The lowest BCUT2D eigenvalue weighted by Crippen LogP contribution is -2.26. The average Bonchev–Trinajstić information content (AvgIpc) is 2.65. The Morgan fingerprint density at radius 1 is 0.759 bits per heavy atom. The highest BCUT2D eigenvalue weighted by molar-refractivity contribution is 6.30. The molecule has 0 spiro atoms. The second kappa shape index (κ2) is 5.97. The lowest BCUT2D eigenvalue weighted by Gasteiger charge is -2.12. The summed E-state index contributed by atoms with van der Waals surface area (Å²) < 4.78 is 0. The van der Waals surface area contributed by atoms with Crippen LogP contribution in [0.1, 0.15) is 0 Å². The number of hydrogen-bond acceptors (Lipinski definition) is 6. The van der Waals surface area contributed by atoms with Gasteiger partial charge in [0.25, 0.3) is 11.1 Å². The van der Waals surface area contributed by atoms with Crippen LogP contribution in [0.2, 0.25) is 5.15 Å². The fourth-order valence-electron chi connectivity index (χ4n) is 3.44. The van der Waals surface area contributed by atoms with Crippen LogP contribution in [-0.2, 0) is 0 Å². The molecule has 5 aromatic rings. The van der Waals surface area contributed by atoms with Gasteiger partial charge in [0.1, 0.15) is 16.4 Å². The minimum absolute atomic E-state index is 0.0259. The number of benzene rings is 1. The quantitative estimate of drug-likeness (QED) is 0.239. The molecule has 0 saturated heterocycles. The van der Waals surface area contributed by atoms with Crippen molar-refractivity contribution in [3.05, 3.63) is 77.2 Å². The summed E-state index contributed by atoms with van der Waals surface area (Å²) in [4.78, 5) is 66.4. The molecular formula is C18H9ClN6O4. The number of nitrogens with zero attached hydrogens (tertiary/aromatic N) is 2. The largest absolute Gasteiger partial charge is 0.327 e. The second-order valence-corrected chi connectivity index (χ2v) is 6.65. The van der Waals surface area contributed by atoms with E-state index in [0.29, 0.717) is 16.5 Å². The van der Waals surface area contributed by atoms with Crippen LogP contribution in [0.3, 0.4) is 0 Å². The van der Waals surface area contributed by atoms with E-state index in [1.54, 1.807) is 24.3 Å². The van der Waals surface area contributed by atoms with E-state index in [1.807, 2.05) is 0 Å². The summed E-state index contributed by atoms with van der Waals surface area (Å²) in [6, 6.07) is 8.53. The Hall–Kier alpha value is -4.05. The third-order valence-corrected chi connectivity index (χ3v) is 4.72. The van der Waals surface area contributed by atoms with Gasteiger partial charge in [0.05, 0.1) is 16.3 Å². The number of hydrogen-bond donors (Lipinski definition) is 4. The van der Waals surface area contributed by atoms with E-state index in [4.69, 9.17) is 11.6 Å². The normalized spacial score (nSPS) is 11.5. The first-order valence-electron chi connectivity index (χ1n) is 8.30. The monoisotopic (exact) mass is 408 g/mol. The van der Waals surface area contributed by atoms with E-state index in [-0.39, 0.29) is 32.8 Å². The van der Waals surface area contributed by atoms with Crippen molar-refractivity contribution in [2.24, 2.45) is 0 Å². The summed E-state index contributed by atoms with van der Waals surface area (Å²) >= 11 is 6.19. The minimum Gasteiger partial charge on any atom is -0.291 e. The van der Waals surface area contributed by atoms with Gasteiger partial charge in [0.15, 0.2) is 0 Å². The molecule has 10 nitrogen and oxygen atoms in total. The van der Waals surface area contributed by atoms with Crippen molar-refractivity contribution in [1.29, 1.82) is 0 Å². The number of aromatic nitrogens is 6. The van der Waals surface area contributed by atoms with E-state index in [1.165, 1.54) is 6.07 Å². The van der Waals surface area contributed by atoms with Gasteiger partial charge in [-0.25, -0.2) is 19.6 Å². The number of rotatable bonds is 1. The van der Waals surface area contributed by atoms with E-state index in [2.05, 4.69) is 29.9 Å². The van der Waals surface area contributed by atoms with Crippen LogP contribution in [0.5, 0.6) is 0 Å². The molecule has 4 N–H and O–H groups in total. The minimum atomic E-state index is -0.773. The van der Waals surface area contributed by atoms with E-state index >= 15 is 0 Å². The van der Waals surface area contributed by atoms with Crippen molar-refractivity contribution in [2.45, 2.75) is 0 Å². The topological polar surface area (TPSA) is 157 Å². The number of halogens is 1. The Bertz CT molecular complexity index is 1630. The molecule has 5 rings (SSSR count). The first kappa shape index (κ1) is 17.1.